The number of carbonyl (C=O) groups excluding carboxylic acids is 1. The Morgan fingerprint density at radius 3 is 3.00 bits per heavy atom. The second-order valence-electron chi connectivity index (χ2n) is 5.67. The molecule has 1 saturated heterocycles. The Balaban J connectivity index is 2.04. The van der Waals surface area contributed by atoms with Crippen LogP contribution in [-0.2, 0) is 0 Å². The van der Waals surface area contributed by atoms with E-state index in [0.29, 0.717) is 17.4 Å². The third-order valence-corrected chi connectivity index (χ3v) is 4.33. The number of fused-ring (bicyclic) bond motifs is 1. The van der Waals surface area contributed by atoms with Crippen molar-refractivity contribution in [3.8, 4) is 0 Å². The molecule has 21 heavy (non-hydrogen) atoms. The Morgan fingerprint density at radius 1 is 1.38 bits per heavy atom. The lowest BCUT2D eigenvalue weighted by molar-refractivity contribution is 0.0610. The molecule has 2 N–H and O–H groups in total. The molecule has 110 valence electrons. The number of hydrogen-bond donors (Lipinski definition) is 1. The predicted molar refractivity (Wildman–Crippen MR) is 85.1 cm³/mol. The first-order valence-electron chi connectivity index (χ1n) is 7.67. The molecular weight excluding hydrogens is 262 g/mol. The summed E-state index contributed by atoms with van der Waals surface area (Å²) in [5, 5.41) is 0.886. The van der Waals surface area contributed by atoms with Gasteiger partial charge in [-0.1, -0.05) is 25.1 Å². The normalized spacial score (nSPS) is 18.9. The van der Waals surface area contributed by atoms with E-state index in [1.54, 1.807) is 6.07 Å². The number of piperidine rings is 1. The van der Waals surface area contributed by atoms with Crippen molar-refractivity contribution in [1.29, 1.82) is 0 Å². The van der Waals surface area contributed by atoms with Gasteiger partial charge < -0.3 is 10.6 Å². The van der Waals surface area contributed by atoms with Crippen LogP contribution >= 0.6 is 0 Å². The van der Waals surface area contributed by atoms with Crippen molar-refractivity contribution in [3.05, 3.63) is 35.9 Å². The minimum Gasteiger partial charge on any atom is -0.384 e. The highest BCUT2D eigenvalue weighted by Crippen LogP contribution is 2.26. The van der Waals surface area contributed by atoms with Crippen molar-refractivity contribution >= 4 is 22.6 Å². The third kappa shape index (κ3) is 2.58. The van der Waals surface area contributed by atoms with Crippen LogP contribution in [0.1, 0.15) is 43.0 Å². The summed E-state index contributed by atoms with van der Waals surface area (Å²) in [5.74, 6) is 0.494. The van der Waals surface area contributed by atoms with E-state index in [1.807, 2.05) is 29.2 Å². The lowest BCUT2D eigenvalue weighted by Crippen LogP contribution is -2.43. The lowest BCUT2D eigenvalue weighted by Gasteiger charge is -2.35. The molecule has 1 amide bonds. The van der Waals surface area contributed by atoms with Crippen LogP contribution in [0, 0.1) is 0 Å². The zero-order valence-corrected chi connectivity index (χ0v) is 12.4. The Labute approximate surface area is 125 Å². The molecule has 0 spiro atoms. The van der Waals surface area contributed by atoms with E-state index in [1.165, 1.54) is 6.42 Å². The third-order valence-electron chi connectivity index (χ3n) is 4.33. The first kappa shape index (κ1) is 13.9. The van der Waals surface area contributed by atoms with E-state index < -0.39 is 0 Å². The minimum absolute atomic E-state index is 0.0897. The SMILES string of the molecule is CCC1CCCCN1C(=O)c1cc(N)nc2ccccc12. The van der Waals surface area contributed by atoms with E-state index in [2.05, 4.69) is 11.9 Å². The summed E-state index contributed by atoms with van der Waals surface area (Å²) in [5.41, 5.74) is 7.34. The largest absolute Gasteiger partial charge is 0.384 e. The number of rotatable bonds is 2. The summed E-state index contributed by atoms with van der Waals surface area (Å²) >= 11 is 0. The van der Waals surface area contributed by atoms with Gasteiger partial charge in [0.2, 0.25) is 0 Å². The number of para-hydroxylation sites is 1. The van der Waals surface area contributed by atoms with Gasteiger partial charge in [-0.25, -0.2) is 4.98 Å². The van der Waals surface area contributed by atoms with Crippen LogP contribution in [-0.4, -0.2) is 28.4 Å². The van der Waals surface area contributed by atoms with Gasteiger partial charge in [0.05, 0.1) is 11.1 Å². The molecule has 4 heteroatoms. The number of likely N-dealkylation sites (tertiary alicyclic amines) is 1. The van der Waals surface area contributed by atoms with Gasteiger partial charge in [0.25, 0.3) is 5.91 Å². The summed E-state index contributed by atoms with van der Waals surface area (Å²) in [6.07, 6.45) is 4.40. The topological polar surface area (TPSA) is 59.2 Å². The molecule has 0 radical (unpaired) electrons. The van der Waals surface area contributed by atoms with E-state index in [-0.39, 0.29) is 5.91 Å². The second kappa shape index (κ2) is 5.72. The van der Waals surface area contributed by atoms with Crippen LogP contribution in [0.15, 0.2) is 30.3 Å². The van der Waals surface area contributed by atoms with Crippen molar-refractivity contribution in [3.63, 3.8) is 0 Å². The lowest BCUT2D eigenvalue weighted by atomic mass is 9.98. The Bertz CT molecular complexity index is 668. The summed E-state index contributed by atoms with van der Waals surface area (Å²) in [6.45, 7) is 2.99. The van der Waals surface area contributed by atoms with Gasteiger partial charge in [-0.2, -0.15) is 0 Å². The van der Waals surface area contributed by atoms with Gasteiger partial charge in [0, 0.05) is 18.0 Å². The number of aromatic nitrogens is 1. The molecule has 2 heterocycles. The smallest absolute Gasteiger partial charge is 0.254 e. The zero-order chi connectivity index (χ0) is 14.8. The quantitative estimate of drug-likeness (QED) is 0.920. The highest BCUT2D eigenvalue weighted by atomic mass is 16.2. The van der Waals surface area contributed by atoms with Crippen molar-refractivity contribution < 1.29 is 4.79 Å². The molecular formula is C17H21N3O. The van der Waals surface area contributed by atoms with Crippen LogP contribution in [0.25, 0.3) is 10.9 Å². The van der Waals surface area contributed by atoms with E-state index in [9.17, 15) is 4.79 Å². The molecule has 2 aromatic rings. The molecule has 1 aliphatic heterocycles. The Hall–Kier alpha value is -2.10. The fourth-order valence-corrected chi connectivity index (χ4v) is 3.22. The summed E-state index contributed by atoms with van der Waals surface area (Å²) < 4.78 is 0. The Kier molecular flexibility index (Phi) is 3.78. The van der Waals surface area contributed by atoms with E-state index in [0.717, 1.165) is 36.7 Å². The highest BCUT2D eigenvalue weighted by molar-refractivity contribution is 6.07. The van der Waals surface area contributed by atoms with Gasteiger partial charge in [0.15, 0.2) is 0 Å². The molecule has 1 aromatic heterocycles. The fourth-order valence-electron chi connectivity index (χ4n) is 3.22. The van der Waals surface area contributed by atoms with Gasteiger partial charge in [0.1, 0.15) is 5.82 Å². The monoisotopic (exact) mass is 283 g/mol. The van der Waals surface area contributed by atoms with E-state index >= 15 is 0 Å². The molecule has 1 atom stereocenters. The minimum atomic E-state index is 0.0897. The van der Waals surface area contributed by atoms with Gasteiger partial charge in [-0.05, 0) is 37.8 Å². The standard InChI is InChI=1S/C17H21N3O/c1-2-12-7-5-6-10-20(12)17(21)14-11-16(18)19-15-9-4-3-8-13(14)15/h3-4,8-9,11-12H,2,5-7,10H2,1H3,(H2,18,19). The van der Waals surface area contributed by atoms with Crippen LogP contribution in [0.5, 0.6) is 0 Å². The molecule has 0 bridgehead atoms. The molecule has 4 nitrogen and oxygen atoms in total. The number of nitrogens with zero attached hydrogens (tertiary/aromatic N) is 2. The van der Waals surface area contributed by atoms with Crippen molar-refractivity contribution in [2.45, 2.75) is 38.6 Å². The molecule has 1 aliphatic rings. The number of carbonyl (C=O) groups is 1. The molecule has 3 rings (SSSR count). The maximum Gasteiger partial charge on any atom is 0.254 e. The maximum absolute atomic E-state index is 13.0. The Morgan fingerprint density at radius 2 is 2.19 bits per heavy atom. The number of amides is 1. The number of anilines is 1. The molecule has 1 aromatic carbocycles. The number of hydrogen-bond acceptors (Lipinski definition) is 3. The number of nitrogen functional groups attached to an aromatic ring is 1. The zero-order valence-electron chi connectivity index (χ0n) is 12.4. The van der Waals surface area contributed by atoms with Crippen LogP contribution in [0.2, 0.25) is 0 Å². The van der Waals surface area contributed by atoms with Crippen LogP contribution < -0.4 is 5.73 Å². The summed E-state index contributed by atoms with van der Waals surface area (Å²) in [6, 6.07) is 9.75. The van der Waals surface area contributed by atoms with Crippen molar-refractivity contribution in [1.82, 2.24) is 9.88 Å². The molecule has 1 unspecified atom stereocenters. The van der Waals surface area contributed by atoms with Crippen LogP contribution in [0.3, 0.4) is 0 Å². The number of nitrogens with two attached hydrogens (primary N) is 1. The number of pyridine rings is 1. The second-order valence-corrected chi connectivity index (χ2v) is 5.67. The molecule has 1 fully saturated rings. The van der Waals surface area contributed by atoms with Gasteiger partial charge in [-0.3, -0.25) is 4.79 Å². The summed E-state index contributed by atoms with van der Waals surface area (Å²) in [4.78, 5) is 19.3. The number of benzene rings is 1. The van der Waals surface area contributed by atoms with Gasteiger partial charge >= 0.3 is 0 Å². The molecule has 0 saturated carbocycles. The van der Waals surface area contributed by atoms with Crippen molar-refractivity contribution in [2.24, 2.45) is 0 Å². The highest BCUT2D eigenvalue weighted by Gasteiger charge is 2.27. The average molecular weight is 283 g/mol. The summed E-state index contributed by atoms with van der Waals surface area (Å²) in [7, 11) is 0. The van der Waals surface area contributed by atoms with Crippen LogP contribution in [0.4, 0.5) is 5.82 Å². The molecule has 0 aliphatic carbocycles. The average Bonchev–Trinajstić information content (AvgIpc) is 2.53. The van der Waals surface area contributed by atoms with Gasteiger partial charge in [-0.15, -0.1) is 0 Å². The first-order valence-corrected chi connectivity index (χ1v) is 7.67. The first-order chi connectivity index (χ1) is 10.2. The maximum atomic E-state index is 13.0. The van der Waals surface area contributed by atoms with E-state index in [4.69, 9.17) is 5.73 Å². The van der Waals surface area contributed by atoms with Crippen molar-refractivity contribution in [2.75, 3.05) is 12.3 Å². The predicted octanol–water partition coefficient (Wildman–Crippen LogP) is 3.22. The fraction of sp³-hybridized carbons (Fsp3) is 0.412.